The van der Waals surface area contributed by atoms with Gasteiger partial charge in [0.25, 0.3) is 0 Å². The number of rotatable bonds is 2. The summed E-state index contributed by atoms with van der Waals surface area (Å²) in [4.78, 5) is 7.01. The van der Waals surface area contributed by atoms with Gasteiger partial charge in [-0.05, 0) is 69.5 Å². The summed E-state index contributed by atoms with van der Waals surface area (Å²) < 4.78 is 0. The number of fused-ring (bicyclic) bond motifs is 1. The second-order valence-corrected chi connectivity index (χ2v) is 7.36. The molecule has 2 aromatic rings. The summed E-state index contributed by atoms with van der Waals surface area (Å²) in [7, 11) is 2.16. The van der Waals surface area contributed by atoms with Gasteiger partial charge in [-0.1, -0.05) is 29.8 Å². The number of hydrogen-bond donors (Lipinski definition) is 0. The molecule has 0 unspecified atom stereocenters. The van der Waals surface area contributed by atoms with Crippen molar-refractivity contribution in [3.05, 3.63) is 64.7 Å². The van der Waals surface area contributed by atoms with Gasteiger partial charge in [0.2, 0.25) is 0 Å². The first-order chi connectivity index (χ1) is 11.3. The summed E-state index contributed by atoms with van der Waals surface area (Å²) in [6, 6.07) is 13.0. The van der Waals surface area contributed by atoms with Crippen LogP contribution in [0.3, 0.4) is 0 Å². The smallest absolute Gasteiger partial charge is 0.0659 e. The first kappa shape index (κ1) is 16.5. The van der Waals surface area contributed by atoms with E-state index < -0.39 is 0 Å². The van der Waals surface area contributed by atoms with Gasteiger partial charge < -0.3 is 4.90 Å². The molecule has 1 aliphatic heterocycles. The monoisotopic (exact) mass is 318 g/mol. The first-order valence-electron chi connectivity index (χ1n) is 8.47. The van der Waals surface area contributed by atoms with Gasteiger partial charge in [0.15, 0.2) is 0 Å². The van der Waals surface area contributed by atoms with Crippen LogP contribution < -0.4 is 4.90 Å². The van der Waals surface area contributed by atoms with Crippen molar-refractivity contribution in [2.75, 3.05) is 11.9 Å². The van der Waals surface area contributed by atoms with Gasteiger partial charge in [0, 0.05) is 24.5 Å². The molecule has 0 saturated heterocycles. The zero-order chi connectivity index (χ0) is 17.5. The number of benzene rings is 2. The summed E-state index contributed by atoms with van der Waals surface area (Å²) in [6.45, 7) is 10.9. The number of nitrogens with zero attached hydrogens (tertiary/aromatic N) is 2. The van der Waals surface area contributed by atoms with Gasteiger partial charge >= 0.3 is 0 Å². The van der Waals surface area contributed by atoms with E-state index in [0.717, 1.165) is 11.3 Å². The number of anilines is 1. The molecule has 1 aliphatic rings. The average Bonchev–Trinajstić information content (AvgIpc) is 2.51. The average molecular weight is 318 g/mol. The van der Waals surface area contributed by atoms with Crippen molar-refractivity contribution in [1.29, 1.82) is 0 Å². The van der Waals surface area contributed by atoms with Crippen LogP contribution in [0.15, 0.2) is 47.5 Å². The Bertz CT molecular complexity index is 841. The van der Waals surface area contributed by atoms with Crippen molar-refractivity contribution in [3.8, 4) is 0 Å². The standard InChI is InChI=1S/C22H26N2/c1-15-7-9-20(16(2)11-15)23-14-18-8-10-21-19(12-18)17(3)13-22(4,5)24(21)6/h7-14H,1-6H3. The molecule has 2 nitrogen and oxygen atoms in total. The van der Waals surface area contributed by atoms with Gasteiger partial charge in [-0.3, -0.25) is 4.99 Å². The minimum atomic E-state index is 0.0473. The topological polar surface area (TPSA) is 15.6 Å². The second kappa shape index (κ2) is 5.94. The van der Waals surface area contributed by atoms with Gasteiger partial charge in [0.1, 0.15) is 0 Å². The second-order valence-electron chi connectivity index (χ2n) is 7.36. The van der Waals surface area contributed by atoms with E-state index in [9.17, 15) is 0 Å². The Morgan fingerprint density at radius 1 is 1.00 bits per heavy atom. The Hall–Kier alpha value is -2.35. The van der Waals surface area contributed by atoms with Gasteiger partial charge in [-0.15, -0.1) is 0 Å². The van der Waals surface area contributed by atoms with Crippen LogP contribution in [0, 0.1) is 13.8 Å². The molecule has 0 spiro atoms. The molecule has 1 heterocycles. The lowest BCUT2D eigenvalue weighted by Crippen LogP contribution is -2.42. The lowest BCUT2D eigenvalue weighted by molar-refractivity contribution is 0.598. The molecule has 0 aliphatic carbocycles. The predicted molar refractivity (Wildman–Crippen MR) is 106 cm³/mol. The van der Waals surface area contributed by atoms with Crippen molar-refractivity contribution in [1.82, 2.24) is 0 Å². The van der Waals surface area contributed by atoms with Crippen molar-refractivity contribution in [2.24, 2.45) is 4.99 Å². The van der Waals surface area contributed by atoms with Crippen LogP contribution in [0.4, 0.5) is 11.4 Å². The van der Waals surface area contributed by atoms with E-state index in [1.54, 1.807) is 0 Å². The van der Waals surface area contributed by atoms with E-state index in [0.29, 0.717) is 0 Å². The van der Waals surface area contributed by atoms with E-state index in [-0.39, 0.29) is 5.54 Å². The molecule has 3 rings (SSSR count). The van der Waals surface area contributed by atoms with E-state index >= 15 is 0 Å². The minimum Gasteiger partial charge on any atom is -0.366 e. The third kappa shape index (κ3) is 3.01. The Morgan fingerprint density at radius 2 is 1.75 bits per heavy atom. The Kier molecular flexibility index (Phi) is 4.08. The molecule has 0 atom stereocenters. The summed E-state index contributed by atoms with van der Waals surface area (Å²) >= 11 is 0. The number of hydrogen-bond acceptors (Lipinski definition) is 2. The number of aliphatic imine (C=N–C) groups is 1. The van der Waals surface area contributed by atoms with Gasteiger partial charge in [-0.2, -0.15) is 0 Å². The maximum Gasteiger partial charge on any atom is 0.0659 e. The fraction of sp³-hybridized carbons (Fsp3) is 0.318. The zero-order valence-electron chi connectivity index (χ0n) is 15.5. The fourth-order valence-electron chi connectivity index (χ4n) is 3.35. The van der Waals surface area contributed by atoms with Crippen molar-refractivity contribution in [3.63, 3.8) is 0 Å². The molecular formula is C22H26N2. The fourth-order valence-corrected chi connectivity index (χ4v) is 3.35. The molecule has 2 aromatic carbocycles. The number of aryl methyl sites for hydroxylation is 2. The van der Waals surface area contributed by atoms with Gasteiger partial charge in [-0.25, -0.2) is 0 Å². The highest BCUT2D eigenvalue weighted by Crippen LogP contribution is 2.38. The summed E-state index contributed by atoms with van der Waals surface area (Å²) in [6.07, 6.45) is 4.30. The molecule has 0 radical (unpaired) electrons. The maximum absolute atomic E-state index is 4.68. The SMILES string of the molecule is CC1=CC(C)(C)N(C)c2ccc(C=Nc3ccc(C)cc3C)cc21. The summed E-state index contributed by atoms with van der Waals surface area (Å²) in [5.41, 5.74) is 8.60. The number of likely N-dealkylation sites (N-methyl/N-ethyl adjacent to an activating group) is 1. The highest BCUT2D eigenvalue weighted by atomic mass is 15.2. The summed E-state index contributed by atoms with van der Waals surface area (Å²) in [5.74, 6) is 0. The van der Waals surface area contributed by atoms with Crippen LogP contribution >= 0.6 is 0 Å². The minimum absolute atomic E-state index is 0.0473. The molecule has 0 bridgehead atoms. The van der Waals surface area contributed by atoms with Crippen LogP contribution in [0.1, 0.15) is 43.0 Å². The molecule has 0 saturated carbocycles. The Labute approximate surface area is 145 Å². The van der Waals surface area contributed by atoms with E-state index in [1.165, 1.54) is 28.0 Å². The lowest BCUT2D eigenvalue weighted by Gasteiger charge is -2.40. The van der Waals surface area contributed by atoms with E-state index in [2.05, 4.69) is 94.0 Å². The molecular weight excluding hydrogens is 292 g/mol. The van der Waals surface area contributed by atoms with Crippen LogP contribution in [0.5, 0.6) is 0 Å². The molecule has 124 valence electrons. The van der Waals surface area contributed by atoms with Crippen molar-refractivity contribution < 1.29 is 0 Å². The zero-order valence-corrected chi connectivity index (χ0v) is 15.5. The summed E-state index contributed by atoms with van der Waals surface area (Å²) in [5, 5.41) is 0. The largest absolute Gasteiger partial charge is 0.366 e. The predicted octanol–water partition coefficient (Wildman–Crippen LogP) is 5.69. The van der Waals surface area contributed by atoms with E-state index in [4.69, 9.17) is 0 Å². The van der Waals surface area contributed by atoms with Crippen molar-refractivity contribution in [2.45, 2.75) is 40.2 Å². The Morgan fingerprint density at radius 3 is 2.46 bits per heavy atom. The van der Waals surface area contributed by atoms with Crippen LogP contribution in [-0.2, 0) is 0 Å². The van der Waals surface area contributed by atoms with Crippen LogP contribution in [0.25, 0.3) is 5.57 Å². The van der Waals surface area contributed by atoms with Crippen LogP contribution in [-0.4, -0.2) is 18.8 Å². The quantitative estimate of drug-likeness (QED) is 0.650. The molecule has 24 heavy (non-hydrogen) atoms. The molecule has 0 N–H and O–H groups in total. The third-order valence-electron chi connectivity index (χ3n) is 4.95. The van der Waals surface area contributed by atoms with Crippen molar-refractivity contribution >= 4 is 23.2 Å². The molecule has 0 amide bonds. The number of allylic oxidation sites excluding steroid dienone is 1. The normalized spacial score (nSPS) is 16.2. The molecule has 2 heteroatoms. The van der Waals surface area contributed by atoms with E-state index in [1.807, 2.05) is 6.21 Å². The highest BCUT2D eigenvalue weighted by molar-refractivity contribution is 5.88. The maximum atomic E-state index is 4.68. The van der Waals surface area contributed by atoms with Gasteiger partial charge in [0.05, 0.1) is 11.2 Å². The Balaban J connectivity index is 1.95. The lowest BCUT2D eigenvalue weighted by atomic mass is 9.89. The molecule has 0 fully saturated rings. The molecule has 0 aromatic heterocycles. The van der Waals surface area contributed by atoms with Crippen LogP contribution in [0.2, 0.25) is 0 Å². The third-order valence-corrected chi connectivity index (χ3v) is 4.95. The highest BCUT2D eigenvalue weighted by Gasteiger charge is 2.28. The first-order valence-corrected chi connectivity index (χ1v) is 8.47.